The largest absolute Gasteiger partial charge is 0.472 e. The number of hydrogen-bond donors (Lipinski definition) is 3. The minimum absolute atomic E-state index is 0.103. The third-order valence-electron chi connectivity index (χ3n) is 16.1. The number of phosphoric ester groups is 2. The summed E-state index contributed by atoms with van der Waals surface area (Å²) in [5.74, 6) is -0.703. The van der Waals surface area contributed by atoms with Crippen molar-refractivity contribution < 1.29 is 80.2 Å². The van der Waals surface area contributed by atoms with E-state index in [-0.39, 0.29) is 25.7 Å². The Morgan fingerprint density at radius 1 is 0.333 bits per heavy atom. The van der Waals surface area contributed by atoms with E-state index in [9.17, 15) is 43.2 Å². The van der Waals surface area contributed by atoms with E-state index in [1.165, 1.54) is 154 Å². The van der Waals surface area contributed by atoms with Crippen molar-refractivity contribution in [3.05, 3.63) is 0 Å². The average molecular weight is 1280 g/mol. The van der Waals surface area contributed by atoms with Gasteiger partial charge in [0.05, 0.1) is 26.4 Å². The lowest BCUT2D eigenvalue weighted by Gasteiger charge is -2.21. The molecule has 0 rings (SSSR count). The highest BCUT2D eigenvalue weighted by atomic mass is 31.2. The van der Waals surface area contributed by atoms with Crippen LogP contribution in [0.5, 0.6) is 0 Å². The summed E-state index contributed by atoms with van der Waals surface area (Å²) in [4.78, 5) is 72.4. The Balaban J connectivity index is 5.23. The van der Waals surface area contributed by atoms with E-state index < -0.39 is 97.5 Å². The predicted octanol–water partition coefficient (Wildman–Crippen LogP) is 19.2. The van der Waals surface area contributed by atoms with Crippen LogP contribution in [-0.2, 0) is 65.4 Å². The van der Waals surface area contributed by atoms with Crippen LogP contribution < -0.4 is 0 Å². The second-order valence-electron chi connectivity index (χ2n) is 25.3. The zero-order valence-corrected chi connectivity index (χ0v) is 58.1. The van der Waals surface area contributed by atoms with Crippen molar-refractivity contribution in [2.24, 2.45) is 11.8 Å². The fourth-order valence-electron chi connectivity index (χ4n) is 10.2. The lowest BCUT2D eigenvalue weighted by Crippen LogP contribution is -2.30. The molecule has 0 radical (unpaired) electrons. The smallest absolute Gasteiger partial charge is 0.462 e. The van der Waals surface area contributed by atoms with Crippen LogP contribution in [-0.4, -0.2) is 96.7 Å². The number of ether oxygens (including phenoxy) is 4. The van der Waals surface area contributed by atoms with Crippen molar-refractivity contribution in [3.8, 4) is 0 Å². The average Bonchev–Trinajstić information content (AvgIpc) is 3.63. The first kappa shape index (κ1) is 85.1. The summed E-state index contributed by atoms with van der Waals surface area (Å²) in [6.45, 7) is 9.43. The molecule has 6 atom stereocenters. The molecule has 17 nitrogen and oxygen atoms in total. The normalized spacial score (nSPS) is 14.5. The standard InChI is InChI=1S/C68H132O17P2/c1-7-10-12-14-16-18-20-21-22-23-24-26-28-32-40-46-52-67(72)84-63(56-78-65(70)50-44-38-31-27-25-19-17-15-13-11-8-2)58-82-86(74,75)80-54-62(69)55-81-87(76,77)83-59-64(85-68(73)53-47-41-33-29-30-36-42-48-60(4)5)57-79-66(71)51-45-39-35-34-37-43-49-61(6)9-3/h60-64,69H,7-59H2,1-6H3,(H,74,75)(H,76,77)/t61?,62-,63-,64-/m1/s1. The quantitative estimate of drug-likeness (QED) is 0.0222. The molecule has 0 aromatic rings. The highest BCUT2D eigenvalue weighted by molar-refractivity contribution is 7.47. The van der Waals surface area contributed by atoms with Crippen LogP contribution in [0, 0.1) is 11.8 Å². The van der Waals surface area contributed by atoms with Gasteiger partial charge < -0.3 is 33.8 Å². The molecule has 19 heteroatoms. The molecule has 3 N–H and O–H groups in total. The van der Waals surface area contributed by atoms with Crippen LogP contribution in [0.15, 0.2) is 0 Å². The number of carbonyl (C=O) groups excluding carboxylic acids is 4. The van der Waals surface area contributed by atoms with Crippen molar-refractivity contribution in [3.63, 3.8) is 0 Å². The van der Waals surface area contributed by atoms with Gasteiger partial charge in [0.25, 0.3) is 0 Å². The van der Waals surface area contributed by atoms with Crippen LogP contribution in [0.2, 0.25) is 0 Å². The summed E-state index contributed by atoms with van der Waals surface area (Å²) in [5.41, 5.74) is 0. The fourth-order valence-corrected chi connectivity index (χ4v) is 11.8. The van der Waals surface area contributed by atoms with E-state index in [1.54, 1.807) is 0 Å². The van der Waals surface area contributed by atoms with Crippen molar-refractivity contribution in [1.82, 2.24) is 0 Å². The first-order chi connectivity index (χ1) is 41.9. The van der Waals surface area contributed by atoms with Gasteiger partial charge >= 0.3 is 39.5 Å². The van der Waals surface area contributed by atoms with Crippen LogP contribution in [0.25, 0.3) is 0 Å². The third kappa shape index (κ3) is 61.3. The minimum atomic E-state index is -4.95. The Hall–Kier alpha value is -1.94. The number of phosphoric acid groups is 2. The molecule has 0 amide bonds. The fraction of sp³-hybridized carbons (Fsp3) is 0.941. The van der Waals surface area contributed by atoms with Gasteiger partial charge in [0.15, 0.2) is 12.2 Å². The van der Waals surface area contributed by atoms with Crippen molar-refractivity contribution in [1.29, 1.82) is 0 Å². The molecule has 516 valence electrons. The van der Waals surface area contributed by atoms with Crippen LogP contribution in [0.3, 0.4) is 0 Å². The van der Waals surface area contributed by atoms with Crippen molar-refractivity contribution >= 4 is 39.5 Å². The summed E-state index contributed by atoms with van der Waals surface area (Å²) >= 11 is 0. The molecule has 0 fully saturated rings. The summed E-state index contributed by atoms with van der Waals surface area (Å²) in [7, 11) is -9.89. The predicted molar refractivity (Wildman–Crippen MR) is 349 cm³/mol. The maximum absolute atomic E-state index is 13.0. The van der Waals surface area contributed by atoms with Crippen LogP contribution in [0.4, 0.5) is 0 Å². The van der Waals surface area contributed by atoms with Gasteiger partial charge in [0, 0.05) is 25.7 Å². The molecule has 0 spiro atoms. The Labute approximate surface area is 530 Å². The lowest BCUT2D eigenvalue weighted by atomic mass is 10.00. The summed E-state index contributed by atoms with van der Waals surface area (Å²) in [6, 6.07) is 0. The first-order valence-corrected chi connectivity index (χ1v) is 38.5. The van der Waals surface area contributed by atoms with E-state index in [2.05, 4.69) is 41.5 Å². The number of carbonyl (C=O) groups is 4. The molecule has 0 aliphatic carbocycles. The minimum Gasteiger partial charge on any atom is -0.462 e. The Morgan fingerprint density at radius 2 is 0.586 bits per heavy atom. The zero-order valence-electron chi connectivity index (χ0n) is 56.3. The molecule has 0 saturated carbocycles. The number of rotatable bonds is 67. The second-order valence-corrected chi connectivity index (χ2v) is 28.2. The maximum Gasteiger partial charge on any atom is 0.472 e. The number of aliphatic hydroxyl groups excluding tert-OH is 1. The topological polar surface area (TPSA) is 237 Å². The van der Waals surface area contributed by atoms with Gasteiger partial charge in [-0.15, -0.1) is 0 Å². The molecule has 0 heterocycles. The molecule has 0 bridgehead atoms. The van der Waals surface area contributed by atoms with Gasteiger partial charge in [-0.2, -0.15) is 0 Å². The maximum atomic E-state index is 13.0. The molecule has 0 aromatic heterocycles. The highest BCUT2D eigenvalue weighted by Crippen LogP contribution is 2.45. The van der Waals surface area contributed by atoms with Crippen molar-refractivity contribution in [2.45, 2.75) is 362 Å². The summed E-state index contributed by atoms with van der Waals surface area (Å²) in [5, 5.41) is 10.6. The van der Waals surface area contributed by atoms with E-state index in [0.717, 1.165) is 102 Å². The highest BCUT2D eigenvalue weighted by Gasteiger charge is 2.30. The second kappa shape index (κ2) is 60.3. The van der Waals surface area contributed by atoms with Crippen LogP contribution in [0.1, 0.15) is 343 Å². The Morgan fingerprint density at radius 3 is 0.874 bits per heavy atom. The van der Waals surface area contributed by atoms with Gasteiger partial charge in [-0.05, 0) is 37.5 Å². The van der Waals surface area contributed by atoms with E-state index >= 15 is 0 Å². The molecule has 0 aliphatic heterocycles. The summed E-state index contributed by atoms with van der Waals surface area (Å²) < 4.78 is 68.2. The van der Waals surface area contributed by atoms with Gasteiger partial charge in [-0.3, -0.25) is 37.3 Å². The Bertz CT molecular complexity index is 1700. The van der Waals surface area contributed by atoms with Gasteiger partial charge in [0.2, 0.25) is 0 Å². The zero-order chi connectivity index (χ0) is 64.3. The number of esters is 4. The molecule has 0 aromatic carbocycles. The number of hydrogen-bond acceptors (Lipinski definition) is 15. The summed E-state index contributed by atoms with van der Waals surface area (Å²) in [6.07, 6.45) is 44.5. The van der Waals surface area contributed by atoms with Crippen molar-refractivity contribution in [2.75, 3.05) is 39.6 Å². The van der Waals surface area contributed by atoms with E-state index in [1.807, 2.05) is 0 Å². The number of aliphatic hydroxyl groups is 1. The number of unbranched alkanes of at least 4 members (excludes halogenated alkanes) is 36. The van der Waals surface area contributed by atoms with E-state index in [4.69, 9.17) is 37.0 Å². The third-order valence-corrected chi connectivity index (χ3v) is 18.0. The van der Waals surface area contributed by atoms with Crippen LogP contribution >= 0.6 is 15.6 Å². The molecule has 0 saturated heterocycles. The lowest BCUT2D eigenvalue weighted by molar-refractivity contribution is -0.161. The van der Waals surface area contributed by atoms with Gasteiger partial charge in [0.1, 0.15) is 19.3 Å². The SMILES string of the molecule is CCCCCCCCCCCCCCCCCCC(=O)O[C@H](COC(=O)CCCCCCCCCCCCC)COP(=O)(O)OC[C@@H](O)COP(=O)(O)OC[C@@H](COC(=O)CCCCCCCCC(C)CC)OC(=O)CCCCCCCCCC(C)C. The van der Waals surface area contributed by atoms with Gasteiger partial charge in [-0.1, -0.05) is 292 Å². The molecular weight excluding hydrogens is 1150 g/mol. The molecule has 3 unspecified atom stereocenters. The molecule has 0 aliphatic rings. The van der Waals surface area contributed by atoms with E-state index in [0.29, 0.717) is 31.6 Å². The molecular formula is C68H132O17P2. The Kier molecular flexibility index (Phi) is 59.0. The monoisotopic (exact) mass is 1280 g/mol. The van der Waals surface area contributed by atoms with Gasteiger partial charge in [-0.25, -0.2) is 9.13 Å². The first-order valence-electron chi connectivity index (χ1n) is 35.5. The molecule has 87 heavy (non-hydrogen) atoms.